The summed E-state index contributed by atoms with van der Waals surface area (Å²) in [6, 6.07) is 0.424. The van der Waals surface area contributed by atoms with E-state index in [2.05, 4.69) is 20.7 Å². The third kappa shape index (κ3) is 4.76. The number of aromatic nitrogens is 1. The summed E-state index contributed by atoms with van der Waals surface area (Å²) in [5.41, 5.74) is 1.96. The average molecular weight is 364 g/mol. The number of amides is 2. The molecule has 2 atom stereocenters. The highest BCUT2D eigenvalue weighted by atomic mass is 16.5. The summed E-state index contributed by atoms with van der Waals surface area (Å²) >= 11 is 0. The first-order chi connectivity index (χ1) is 12.5. The van der Waals surface area contributed by atoms with Crippen LogP contribution in [-0.2, 0) is 6.42 Å². The van der Waals surface area contributed by atoms with Gasteiger partial charge in [-0.05, 0) is 46.0 Å². The van der Waals surface area contributed by atoms with Crippen molar-refractivity contribution in [3.63, 3.8) is 0 Å². The molecule has 7 heteroatoms. The van der Waals surface area contributed by atoms with E-state index in [0.29, 0.717) is 12.6 Å². The van der Waals surface area contributed by atoms with Gasteiger partial charge in [0.05, 0.1) is 11.8 Å². The van der Waals surface area contributed by atoms with Gasteiger partial charge in [-0.2, -0.15) is 0 Å². The van der Waals surface area contributed by atoms with Gasteiger partial charge in [0, 0.05) is 37.3 Å². The smallest absolute Gasteiger partial charge is 0.315 e. The van der Waals surface area contributed by atoms with Crippen molar-refractivity contribution in [3.8, 4) is 0 Å². The molecule has 1 saturated heterocycles. The monoisotopic (exact) mass is 364 g/mol. The Hall–Kier alpha value is -1.60. The van der Waals surface area contributed by atoms with E-state index in [0.717, 1.165) is 68.6 Å². The Bertz CT molecular complexity index is 576. The van der Waals surface area contributed by atoms with Crippen molar-refractivity contribution in [1.29, 1.82) is 0 Å². The number of aliphatic hydroxyl groups is 1. The highest BCUT2D eigenvalue weighted by Crippen LogP contribution is 2.25. The van der Waals surface area contributed by atoms with Gasteiger partial charge in [0.1, 0.15) is 5.76 Å². The molecular formula is C19H32N4O3. The first-order valence-electron chi connectivity index (χ1n) is 9.93. The minimum Gasteiger partial charge on any atom is -0.391 e. The number of hydrogen-bond donors (Lipinski definition) is 3. The Morgan fingerprint density at radius 2 is 1.96 bits per heavy atom. The lowest BCUT2D eigenvalue weighted by Crippen LogP contribution is -2.53. The Labute approximate surface area is 155 Å². The van der Waals surface area contributed by atoms with Crippen molar-refractivity contribution in [2.45, 2.75) is 77.0 Å². The molecule has 0 aromatic carbocycles. The van der Waals surface area contributed by atoms with Crippen molar-refractivity contribution >= 4 is 6.03 Å². The van der Waals surface area contributed by atoms with Crippen molar-refractivity contribution in [2.24, 2.45) is 0 Å². The summed E-state index contributed by atoms with van der Waals surface area (Å²) in [5.74, 6) is 0.821. The Kier molecular flexibility index (Phi) is 6.53. The number of piperidine rings is 1. The second-order valence-electron chi connectivity index (χ2n) is 7.68. The molecule has 2 fully saturated rings. The number of likely N-dealkylation sites (tertiary alicyclic amines) is 1. The summed E-state index contributed by atoms with van der Waals surface area (Å²) in [5, 5.41) is 20.2. The molecule has 2 amide bonds. The molecule has 146 valence electrons. The van der Waals surface area contributed by atoms with Gasteiger partial charge >= 0.3 is 6.03 Å². The van der Waals surface area contributed by atoms with Crippen LogP contribution in [0, 0.1) is 13.8 Å². The molecule has 0 radical (unpaired) electrons. The van der Waals surface area contributed by atoms with Gasteiger partial charge < -0.3 is 20.3 Å². The van der Waals surface area contributed by atoms with Gasteiger partial charge in [-0.25, -0.2) is 4.79 Å². The zero-order valence-electron chi connectivity index (χ0n) is 16.0. The van der Waals surface area contributed by atoms with Gasteiger partial charge in [0.15, 0.2) is 0 Å². The summed E-state index contributed by atoms with van der Waals surface area (Å²) in [6.07, 6.45) is 6.82. The van der Waals surface area contributed by atoms with Crippen molar-refractivity contribution in [2.75, 3.05) is 19.6 Å². The van der Waals surface area contributed by atoms with Crippen LogP contribution in [0.5, 0.6) is 0 Å². The Morgan fingerprint density at radius 1 is 1.23 bits per heavy atom. The van der Waals surface area contributed by atoms with Crippen LogP contribution >= 0.6 is 0 Å². The number of carbonyl (C=O) groups excluding carboxylic acids is 1. The lowest BCUT2D eigenvalue weighted by Gasteiger charge is -2.41. The maximum Gasteiger partial charge on any atom is 0.315 e. The third-order valence-corrected chi connectivity index (χ3v) is 5.87. The molecule has 7 nitrogen and oxygen atoms in total. The predicted octanol–water partition coefficient (Wildman–Crippen LogP) is 1.90. The van der Waals surface area contributed by atoms with Crippen LogP contribution in [0.25, 0.3) is 0 Å². The Morgan fingerprint density at radius 3 is 2.62 bits per heavy atom. The fourth-order valence-corrected chi connectivity index (χ4v) is 4.29. The molecule has 1 aromatic rings. The van der Waals surface area contributed by atoms with Crippen LogP contribution < -0.4 is 10.6 Å². The van der Waals surface area contributed by atoms with Crippen LogP contribution in [0.1, 0.15) is 55.5 Å². The fourth-order valence-electron chi connectivity index (χ4n) is 4.29. The predicted molar refractivity (Wildman–Crippen MR) is 99.1 cm³/mol. The van der Waals surface area contributed by atoms with Crippen molar-refractivity contribution in [1.82, 2.24) is 20.7 Å². The number of aliphatic hydroxyl groups excluding tert-OH is 1. The van der Waals surface area contributed by atoms with Gasteiger partial charge in [0.2, 0.25) is 0 Å². The number of urea groups is 1. The molecule has 3 N–H and O–H groups in total. The Balaban J connectivity index is 1.35. The first-order valence-corrected chi connectivity index (χ1v) is 9.93. The molecule has 1 aromatic heterocycles. The second kappa shape index (κ2) is 8.86. The van der Waals surface area contributed by atoms with E-state index in [4.69, 9.17) is 4.52 Å². The number of hydrogen-bond acceptors (Lipinski definition) is 5. The standard InChI is InChI=1S/C19H32N4O3/c1-13-16(14(2)26-22-13)7-10-20-19(25)21-15-8-11-23(12-9-15)17-5-3-4-6-18(17)24/h15,17-18,24H,3-12H2,1-2H3,(H2,20,21,25)/t17-,18-/m0/s1. The molecule has 26 heavy (non-hydrogen) atoms. The average Bonchev–Trinajstić information content (AvgIpc) is 2.95. The maximum atomic E-state index is 12.1. The largest absolute Gasteiger partial charge is 0.391 e. The van der Waals surface area contributed by atoms with Gasteiger partial charge in [-0.15, -0.1) is 0 Å². The molecule has 3 rings (SSSR count). The zero-order chi connectivity index (χ0) is 18.5. The maximum absolute atomic E-state index is 12.1. The molecule has 2 aliphatic rings. The quantitative estimate of drug-likeness (QED) is 0.742. The molecule has 1 aliphatic heterocycles. The SMILES string of the molecule is Cc1noc(C)c1CCNC(=O)NC1CCN([C@H]2CCCC[C@@H]2O)CC1. The van der Waals surface area contributed by atoms with Gasteiger partial charge in [0.25, 0.3) is 0 Å². The van der Waals surface area contributed by atoms with E-state index in [-0.39, 0.29) is 18.2 Å². The van der Waals surface area contributed by atoms with Crippen molar-refractivity contribution < 1.29 is 14.4 Å². The van der Waals surface area contributed by atoms with E-state index in [1.54, 1.807) is 0 Å². The van der Waals surface area contributed by atoms with Crippen LogP contribution in [-0.4, -0.2) is 59.0 Å². The number of rotatable bonds is 5. The molecule has 2 heterocycles. The second-order valence-corrected chi connectivity index (χ2v) is 7.68. The minimum absolute atomic E-state index is 0.104. The van der Waals surface area contributed by atoms with Gasteiger partial charge in [-0.1, -0.05) is 18.0 Å². The van der Waals surface area contributed by atoms with Gasteiger partial charge in [-0.3, -0.25) is 4.90 Å². The highest BCUT2D eigenvalue weighted by molar-refractivity contribution is 5.74. The zero-order valence-corrected chi connectivity index (χ0v) is 16.0. The van der Waals surface area contributed by atoms with Crippen molar-refractivity contribution in [3.05, 3.63) is 17.0 Å². The molecule has 0 bridgehead atoms. The summed E-state index contributed by atoms with van der Waals surface area (Å²) in [6.45, 7) is 6.29. The lowest BCUT2D eigenvalue weighted by atomic mass is 9.89. The van der Waals surface area contributed by atoms with E-state index in [9.17, 15) is 9.90 Å². The molecule has 1 saturated carbocycles. The van der Waals surface area contributed by atoms with Crippen LogP contribution in [0.2, 0.25) is 0 Å². The van der Waals surface area contributed by atoms with E-state index < -0.39 is 0 Å². The van der Waals surface area contributed by atoms with E-state index in [1.165, 1.54) is 6.42 Å². The normalized spacial score (nSPS) is 25.2. The summed E-state index contributed by atoms with van der Waals surface area (Å²) < 4.78 is 5.14. The minimum atomic E-state index is -0.180. The topological polar surface area (TPSA) is 90.6 Å². The number of aryl methyl sites for hydroxylation is 2. The van der Waals surface area contributed by atoms with Crippen LogP contribution in [0.4, 0.5) is 4.79 Å². The molecule has 1 aliphatic carbocycles. The highest BCUT2D eigenvalue weighted by Gasteiger charge is 2.31. The van der Waals surface area contributed by atoms with E-state index >= 15 is 0 Å². The lowest BCUT2D eigenvalue weighted by molar-refractivity contribution is 0.00777. The summed E-state index contributed by atoms with van der Waals surface area (Å²) in [7, 11) is 0. The first kappa shape index (κ1) is 19.2. The van der Waals surface area contributed by atoms with Crippen LogP contribution in [0.15, 0.2) is 4.52 Å². The number of nitrogens with zero attached hydrogens (tertiary/aromatic N) is 2. The van der Waals surface area contributed by atoms with E-state index in [1.807, 2.05) is 13.8 Å². The number of nitrogens with one attached hydrogen (secondary N) is 2. The fraction of sp³-hybridized carbons (Fsp3) is 0.789. The third-order valence-electron chi connectivity index (χ3n) is 5.87. The number of carbonyl (C=O) groups is 1. The van der Waals surface area contributed by atoms with Crippen LogP contribution in [0.3, 0.4) is 0 Å². The molecule has 0 unspecified atom stereocenters. The molecular weight excluding hydrogens is 332 g/mol. The summed E-state index contributed by atoms with van der Waals surface area (Å²) in [4.78, 5) is 14.5. The molecule has 0 spiro atoms.